The molecule has 6 nitrogen and oxygen atoms in total. The highest BCUT2D eigenvalue weighted by atomic mass is 16.2. The van der Waals surface area contributed by atoms with Gasteiger partial charge in [0.25, 0.3) is 0 Å². The van der Waals surface area contributed by atoms with Gasteiger partial charge in [-0.2, -0.15) is 0 Å². The summed E-state index contributed by atoms with van der Waals surface area (Å²) in [5.41, 5.74) is 2.52. The van der Waals surface area contributed by atoms with E-state index >= 15 is 0 Å². The first-order chi connectivity index (χ1) is 10.5. The molecule has 22 heavy (non-hydrogen) atoms. The van der Waals surface area contributed by atoms with Crippen LogP contribution in [-0.4, -0.2) is 56.1 Å². The fourth-order valence-electron chi connectivity index (χ4n) is 2.71. The summed E-state index contributed by atoms with van der Waals surface area (Å²) in [6, 6.07) is 7.56. The van der Waals surface area contributed by atoms with E-state index in [1.165, 1.54) is 18.3 Å². The van der Waals surface area contributed by atoms with Crippen LogP contribution in [0.2, 0.25) is 0 Å². The van der Waals surface area contributed by atoms with Crippen LogP contribution in [0.4, 0.5) is 10.5 Å². The summed E-state index contributed by atoms with van der Waals surface area (Å²) in [5.74, 6) is -0.260. The summed E-state index contributed by atoms with van der Waals surface area (Å²) in [5, 5.41) is 4.73. The lowest BCUT2D eigenvalue weighted by atomic mass is 10.1. The first-order valence-electron chi connectivity index (χ1n) is 7.60. The zero-order valence-electron chi connectivity index (χ0n) is 13.4. The molecule has 120 valence electrons. The number of anilines is 1. The average Bonchev–Trinajstić information content (AvgIpc) is 2.54. The molecular formula is C16H24N4O2. The predicted octanol–water partition coefficient (Wildman–Crippen LogP) is 0.961. The second-order valence-corrected chi connectivity index (χ2v) is 5.55. The first kappa shape index (κ1) is 16.3. The smallest absolute Gasteiger partial charge is 0.321 e. The molecule has 1 atom stereocenters. The van der Waals surface area contributed by atoms with Gasteiger partial charge < -0.3 is 10.2 Å². The third kappa shape index (κ3) is 3.76. The van der Waals surface area contributed by atoms with E-state index < -0.39 is 6.03 Å². The molecular weight excluding hydrogens is 280 g/mol. The number of hydrogen-bond donors (Lipinski definition) is 2. The molecule has 0 radical (unpaired) electrons. The molecule has 0 bridgehead atoms. The third-order valence-electron chi connectivity index (χ3n) is 4.16. The van der Waals surface area contributed by atoms with Crippen LogP contribution in [-0.2, 0) is 4.79 Å². The second kappa shape index (κ2) is 7.26. The Morgan fingerprint density at radius 3 is 2.36 bits per heavy atom. The van der Waals surface area contributed by atoms with Gasteiger partial charge in [0.15, 0.2) is 0 Å². The Kier molecular flexibility index (Phi) is 5.38. The number of para-hydroxylation sites is 1. The average molecular weight is 304 g/mol. The Bertz CT molecular complexity index is 539. The molecule has 1 fully saturated rings. The number of hydrogen-bond acceptors (Lipinski definition) is 4. The van der Waals surface area contributed by atoms with Crippen molar-refractivity contribution in [3.8, 4) is 0 Å². The molecule has 0 spiro atoms. The van der Waals surface area contributed by atoms with Crippen LogP contribution >= 0.6 is 0 Å². The molecule has 0 aromatic heterocycles. The quantitative estimate of drug-likeness (QED) is 0.873. The molecule has 1 aliphatic rings. The highest BCUT2D eigenvalue weighted by Crippen LogP contribution is 2.21. The van der Waals surface area contributed by atoms with Gasteiger partial charge in [0.1, 0.15) is 0 Å². The van der Waals surface area contributed by atoms with Gasteiger partial charge in [0, 0.05) is 38.9 Å². The van der Waals surface area contributed by atoms with E-state index in [-0.39, 0.29) is 11.9 Å². The van der Waals surface area contributed by atoms with Crippen molar-refractivity contribution in [2.45, 2.75) is 19.9 Å². The van der Waals surface area contributed by atoms with Crippen molar-refractivity contribution < 1.29 is 9.59 Å². The maximum absolute atomic E-state index is 12.0. The van der Waals surface area contributed by atoms with Crippen LogP contribution in [0.15, 0.2) is 24.3 Å². The van der Waals surface area contributed by atoms with E-state index in [0.29, 0.717) is 0 Å². The number of aryl methyl sites for hydroxylation is 1. The molecule has 1 aliphatic heterocycles. The van der Waals surface area contributed by atoms with Crippen molar-refractivity contribution in [2.75, 3.05) is 38.1 Å². The van der Waals surface area contributed by atoms with Crippen LogP contribution in [0.5, 0.6) is 0 Å². The molecule has 2 rings (SSSR count). The summed E-state index contributed by atoms with van der Waals surface area (Å²) < 4.78 is 0. The summed E-state index contributed by atoms with van der Waals surface area (Å²) in [7, 11) is 1.49. The minimum Gasteiger partial charge on any atom is -0.369 e. The zero-order chi connectivity index (χ0) is 16.1. The van der Waals surface area contributed by atoms with Gasteiger partial charge in [-0.05, 0) is 25.5 Å². The zero-order valence-corrected chi connectivity index (χ0v) is 13.4. The van der Waals surface area contributed by atoms with Crippen molar-refractivity contribution in [3.05, 3.63) is 29.8 Å². The Hall–Kier alpha value is -2.08. The Balaban J connectivity index is 1.90. The lowest BCUT2D eigenvalue weighted by Gasteiger charge is -2.39. The standard InChI is InChI=1S/C16H24N4O2/c1-12-6-4-5-7-14(12)20-10-8-19(9-11-20)13(2)15(21)18-16(22)17-3/h4-7,13H,8-11H2,1-3H3,(H2,17,18,21,22). The predicted molar refractivity (Wildman–Crippen MR) is 87.0 cm³/mol. The van der Waals surface area contributed by atoms with Crippen molar-refractivity contribution in [1.82, 2.24) is 15.5 Å². The minimum atomic E-state index is -0.463. The lowest BCUT2D eigenvalue weighted by molar-refractivity contribution is -0.124. The van der Waals surface area contributed by atoms with Gasteiger partial charge in [0.2, 0.25) is 5.91 Å². The number of benzene rings is 1. The number of carbonyl (C=O) groups excluding carboxylic acids is 2. The topological polar surface area (TPSA) is 64.7 Å². The van der Waals surface area contributed by atoms with Crippen LogP contribution in [0, 0.1) is 6.92 Å². The van der Waals surface area contributed by atoms with Crippen molar-refractivity contribution in [1.29, 1.82) is 0 Å². The highest BCUT2D eigenvalue weighted by Gasteiger charge is 2.26. The molecule has 0 saturated carbocycles. The van der Waals surface area contributed by atoms with Gasteiger partial charge in [-0.25, -0.2) is 4.79 Å². The van der Waals surface area contributed by atoms with Crippen molar-refractivity contribution in [3.63, 3.8) is 0 Å². The summed E-state index contributed by atoms with van der Waals surface area (Å²) in [6.45, 7) is 7.31. The van der Waals surface area contributed by atoms with E-state index in [4.69, 9.17) is 0 Å². The van der Waals surface area contributed by atoms with Crippen molar-refractivity contribution in [2.24, 2.45) is 0 Å². The van der Waals surface area contributed by atoms with Crippen LogP contribution in [0.1, 0.15) is 12.5 Å². The fraction of sp³-hybridized carbons (Fsp3) is 0.500. The van der Waals surface area contributed by atoms with E-state index in [2.05, 4.69) is 39.5 Å². The number of nitrogens with one attached hydrogen (secondary N) is 2. The normalized spacial score (nSPS) is 17.0. The molecule has 3 amide bonds. The van der Waals surface area contributed by atoms with Crippen LogP contribution < -0.4 is 15.5 Å². The van der Waals surface area contributed by atoms with E-state index in [0.717, 1.165) is 26.2 Å². The maximum Gasteiger partial charge on any atom is 0.321 e. The van der Waals surface area contributed by atoms with Crippen LogP contribution in [0.3, 0.4) is 0 Å². The fourth-order valence-corrected chi connectivity index (χ4v) is 2.71. The summed E-state index contributed by atoms with van der Waals surface area (Å²) >= 11 is 0. The minimum absolute atomic E-state index is 0.260. The molecule has 1 unspecified atom stereocenters. The number of amides is 3. The van der Waals surface area contributed by atoms with Gasteiger partial charge in [-0.1, -0.05) is 18.2 Å². The molecule has 1 aromatic rings. The number of nitrogens with zero attached hydrogens (tertiary/aromatic N) is 2. The first-order valence-corrected chi connectivity index (χ1v) is 7.60. The summed E-state index contributed by atoms with van der Waals surface area (Å²) in [4.78, 5) is 27.7. The highest BCUT2D eigenvalue weighted by molar-refractivity contribution is 5.96. The summed E-state index contributed by atoms with van der Waals surface area (Å²) in [6.07, 6.45) is 0. The molecule has 1 heterocycles. The van der Waals surface area contributed by atoms with E-state index in [1.54, 1.807) is 0 Å². The molecule has 1 saturated heterocycles. The van der Waals surface area contributed by atoms with Crippen LogP contribution in [0.25, 0.3) is 0 Å². The molecule has 1 aromatic carbocycles. The number of rotatable bonds is 3. The van der Waals surface area contributed by atoms with E-state index in [1.807, 2.05) is 19.1 Å². The van der Waals surface area contributed by atoms with Gasteiger partial charge in [-0.3, -0.25) is 15.0 Å². The largest absolute Gasteiger partial charge is 0.369 e. The third-order valence-corrected chi connectivity index (χ3v) is 4.16. The second-order valence-electron chi connectivity index (χ2n) is 5.55. The number of urea groups is 1. The maximum atomic E-state index is 12.0. The Labute approximate surface area is 131 Å². The molecule has 0 aliphatic carbocycles. The Morgan fingerprint density at radius 1 is 1.14 bits per heavy atom. The SMILES string of the molecule is CNC(=O)NC(=O)C(C)N1CCN(c2ccccc2C)CC1. The van der Waals surface area contributed by atoms with Gasteiger partial charge in [-0.15, -0.1) is 0 Å². The van der Waals surface area contributed by atoms with Gasteiger partial charge in [0.05, 0.1) is 6.04 Å². The lowest BCUT2D eigenvalue weighted by Crippen LogP contribution is -2.55. The molecule has 2 N–H and O–H groups in total. The Morgan fingerprint density at radius 2 is 1.77 bits per heavy atom. The monoisotopic (exact) mass is 304 g/mol. The van der Waals surface area contributed by atoms with E-state index in [9.17, 15) is 9.59 Å². The number of carbonyl (C=O) groups is 2. The number of imide groups is 1. The van der Waals surface area contributed by atoms with Gasteiger partial charge >= 0.3 is 6.03 Å². The molecule has 6 heteroatoms. The van der Waals surface area contributed by atoms with Crippen molar-refractivity contribution >= 4 is 17.6 Å². The number of piperazine rings is 1.